The van der Waals surface area contributed by atoms with Crippen LogP contribution >= 0.6 is 15.9 Å². The van der Waals surface area contributed by atoms with E-state index in [-0.39, 0.29) is 16.1 Å². The number of carbonyl (C=O) groups is 1. The van der Waals surface area contributed by atoms with Gasteiger partial charge in [-0.1, -0.05) is 18.2 Å². The smallest absolute Gasteiger partial charge is 0.355 e. The summed E-state index contributed by atoms with van der Waals surface area (Å²) in [5, 5.41) is 0.311. The molecule has 0 atom stereocenters. The SMILES string of the molecule is COC(=O)c1cc2c(Br)cn(C)c(=O)c2n1S(=O)(=O)c1ccccc1C. The summed E-state index contributed by atoms with van der Waals surface area (Å²) in [7, 11) is -1.56. The van der Waals surface area contributed by atoms with Crippen LogP contribution < -0.4 is 5.56 Å². The van der Waals surface area contributed by atoms with Gasteiger partial charge in [0.2, 0.25) is 0 Å². The van der Waals surface area contributed by atoms with Crippen molar-refractivity contribution in [1.82, 2.24) is 8.54 Å². The van der Waals surface area contributed by atoms with E-state index in [0.29, 0.717) is 15.4 Å². The van der Waals surface area contributed by atoms with Gasteiger partial charge in [0.15, 0.2) is 0 Å². The van der Waals surface area contributed by atoms with Gasteiger partial charge in [-0.05, 0) is 40.5 Å². The molecule has 0 amide bonds. The lowest BCUT2D eigenvalue weighted by atomic mass is 10.2. The third-order valence-electron chi connectivity index (χ3n) is 4.05. The van der Waals surface area contributed by atoms with E-state index in [4.69, 9.17) is 4.74 Å². The molecule has 3 aromatic rings. The van der Waals surface area contributed by atoms with E-state index in [1.807, 2.05) is 0 Å². The van der Waals surface area contributed by atoms with Gasteiger partial charge in [-0.15, -0.1) is 0 Å². The Morgan fingerprint density at radius 3 is 2.50 bits per heavy atom. The van der Waals surface area contributed by atoms with Crippen molar-refractivity contribution in [2.75, 3.05) is 7.11 Å². The number of esters is 1. The van der Waals surface area contributed by atoms with Crippen LogP contribution in [0.4, 0.5) is 0 Å². The topological polar surface area (TPSA) is 87.4 Å². The lowest BCUT2D eigenvalue weighted by Crippen LogP contribution is -2.25. The standard InChI is InChI=1S/C17H15BrN2O5S/c1-10-6-4-5-7-14(10)26(23,24)20-13(17(22)25-3)8-11-12(18)9-19(2)16(21)15(11)20/h4-9H,1-3H3. The molecule has 0 aliphatic heterocycles. The number of halogens is 1. The molecule has 26 heavy (non-hydrogen) atoms. The summed E-state index contributed by atoms with van der Waals surface area (Å²) in [5.74, 6) is -0.854. The largest absolute Gasteiger partial charge is 0.464 e. The number of benzene rings is 1. The Labute approximate surface area is 158 Å². The van der Waals surface area contributed by atoms with Gasteiger partial charge in [0.1, 0.15) is 11.2 Å². The Kier molecular flexibility index (Phi) is 4.53. The van der Waals surface area contributed by atoms with Crippen LogP contribution in [0.25, 0.3) is 10.9 Å². The molecule has 0 radical (unpaired) electrons. The van der Waals surface area contributed by atoms with E-state index >= 15 is 0 Å². The van der Waals surface area contributed by atoms with Crippen molar-refractivity contribution in [3.8, 4) is 0 Å². The number of hydrogen-bond donors (Lipinski definition) is 0. The van der Waals surface area contributed by atoms with Crippen LogP contribution in [0, 0.1) is 6.92 Å². The Balaban J connectivity index is 2.54. The molecule has 0 unspecified atom stereocenters. The van der Waals surface area contributed by atoms with Gasteiger partial charge in [0.25, 0.3) is 15.6 Å². The van der Waals surface area contributed by atoms with Crippen LogP contribution in [-0.2, 0) is 21.8 Å². The number of aryl methyl sites for hydroxylation is 2. The molecular formula is C17H15BrN2O5S. The van der Waals surface area contributed by atoms with E-state index in [1.54, 1.807) is 25.1 Å². The summed E-state index contributed by atoms with van der Waals surface area (Å²) >= 11 is 3.32. The van der Waals surface area contributed by atoms with Crippen LogP contribution in [0.5, 0.6) is 0 Å². The van der Waals surface area contributed by atoms with Gasteiger partial charge in [-0.2, -0.15) is 0 Å². The van der Waals surface area contributed by atoms with E-state index < -0.39 is 21.6 Å². The maximum absolute atomic E-state index is 13.3. The highest BCUT2D eigenvalue weighted by atomic mass is 79.9. The van der Waals surface area contributed by atoms with Crippen LogP contribution in [0.1, 0.15) is 16.1 Å². The Morgan fingerprint density at radius 1 is 1.23 bits per heavy atom. The van der Waals surface area contributed by atoms with Gasteiger partial charge in [0.05, 0.1) is 12.0 Å². The van der Waals surface area contributed by atoms with Crippen molar-refractivity contribution in [2.45, 2.75) is 11.8 Å². The molecule has 0 spiro atoms. The highest BCUT2D eigenvalue weighted by Gasteiger charge is 2.30. The summed E-state index contributed by atoms with van der Waals surface area (Å²) in [6, 6.07) is 7.70. The summed E-state index contributed by atoms with van der Waals surface area (Å²) in [6.45, 7) is 1.64. The van der Waals surface area contributed by atoms with Crippen molar-refractivity contribution < 1.29 is 17.9 Å². The molecule has 0 saturated heterocycles. The van der Waals surface area contributed by atoms with Gasteiger partial charge >= 0.3 is 5.97 Å². The first-order valence-electron chi connectivity index (χ1n) is 7.50. The Morgan fingerprint density at radius 2 is 1.88 bits per heavy atom. The zero-order valence-corrected chi connectivity index (χ0v) is 16.6. The maximum atomic E-state index is 13.3. The number of nitrogens with zero attached hydrogens (tertiary/aromatic N) is 2. The number of rotatable bonds is 3. The number of ether oxygens (including phenoxy) is 1. The fourth-order valence-electron chi connectivity index (χ4n) is 2.78. The average Bonchev–Trinajstić information content (AvgIpc) is 3.01. The van der Waals surface area contributed by atoms with Crippen molar-refractivity contribution in [1.29, 1.82) is 0 Å². The number of carbonyl (C=O) groups excluding carboxylic acids is 1. The van der Waals surface area contributed by atoms with Gasteiger partial charge < -0.3 is 9.30 Å². The normalized spacial score (nSPS) is 11.7. The van der Waals surface area contributed by atoms with Crippen molar-refractivity contribution in [3.63, 3.8) is 0 Å². The number of hydrogen-bond acceptors (Lipinski definition) is 5. The average molecular weight is 439 g/mol. The second-order valence-electron chi connectivity index (χ2n) is 5.71. The second-order valence-corrected chi connectivity index (χ2v) is 8.32. The second kappa shape index (κ2) is 6.40. The monoisotopic (exact) mass is 438 g/mol. The van der Waals surface area contributed by atoms with Gasteiger partial charge in [-0.25, -0.2) is 17.2 Å². The van der Waals surface area contributed by atoms with Gasteiger partial charge in [-0.3, -0.25) is 4.79 Å². The predicted molar refractivity (Wildman–Crippen MR) is 100.0 cm³/mol. The fourth-order valence-corrected chi connectivity index (χ4v) is 5.12. The zero-order chi connectivity index (χ0) is 19.2. The molecule has 2 aromatic heterocycles. The molecule has 0 saturated carbocycles. The quantitative estimate of drug-likeness (QED) is 0.586. The number of pyridine rings is 1. The predicted octanol–water partition coefficient (Wildman–Crippen LogP) is 2.43. The fraction of sp³-hybridized carbons (Fsp3) is 0.176. The molecule has 2 heterocycles. The molecule has 3 rings (SSSR count). The number of aromatic nitrogens is 2. The minimum Gasteiger partial charge on any atom is -0.464 e. The molecule has 0 fully saturated rings. The van der Waals surface area contributed by atoms with E-state index in [9.17, 15) is 18.0 Å². The molecule has 0 aliphatic carbocycles. The number of methoxy groups -OCH3 is 1. The Bertz CT molecular complexity index is 1210. The molecule has 0 N–H and O–H groups in total. The van der Waals surface area contributed by atoms with E-state index in [0.717, 1.165) is 11.1 Å². The van der Waals surface area contributed by atoms with Crippen molar-refractivity contribution >= 4 is 42.8 Å². The molecule has 0 bridgehead atoms. The lowest BCUT2D eigenvalue weighted by Gasteiger charge is -2.13. The van der Waals surface area contributed by atoms with Crippen molar-refractivity contribution in [2.24, 2.45) is 7.05 Å². The molecular weight excluding hydrogens is 424 g/mol. The first kappa shape index (κ1) is 18.4. The molecule has 7 nitrogen and oxygen atoms in total. The zero-order valence-electron chi connectivity index (χ0n) is 14.2. The van der Waals surface area contributed by atoms with E-state index in [2.05, 4.69) is 15.9 Å². The van der Waals surface area contributed by atoms with Gasteiger partial charge in [0, 0.05) is 23.1 Å². The third-order valence-corrected chi connectivity index (χ3v) is 6.56. The first-order chi connectivity index (χ1) is 12.2. The minimum absolute atomic E-state index is 0.00433. The molecule has 1 aromatic carbocycles. The van der Waals surface area contributed by atoms with Crippen LogP contribution in [0.3, 0.4) is 0 Å². The van der Waals surface area contributed by atoms with Crippen LogP contribution in [0.15, 0.2) is 50.7 Å². The summed E-state index contributed by atoms with van der Waals surface area (Å²) in [6.07, 6.45) is 1.51. The minimum atomic E-state index is -4.21. The maximum Gasteiger partial charge on any atom is 0.355 e. The molecule has 9 heteroatoms. The highest BCUT2D eigenvalue weighted by Crippen LogP contribution is 2.29. The van der Waals surface area contributed by atoms with E-state index in [1.165, 1.54) is 29.9 Å². The molecule has 136 valence electrons. The first-order valence-corrected chi connectivity index (χ1v) is 9.73. The third kappa shape index (κ3) is 2.67. The highest BCUT2D eigenvalue weighted by molar-refractivity contribution is 9.10. The van der Waals surface area contributed by atoms with Crippen LogP contribution in [0.2, 0.25) is 0 Å². The lowest BCUT2D eigenvalue weighted by molar-refractivity contribution is 0.0593. The number of fused-ring (bicyclic) bond motifs is 1. The van der Waals surface area contributed by atoms with Crippen molar-refractivity contribution in [3.05, 3.63) is 62.6 Å². The summed E-state index contributed by atoms with van der Waals surface area (Å²) < 4.78 is 33.9. The summed E-state index contributed by atoms with van der Waals surface area (Å²) in [5.41, 5.74) is -0.409. The molecule has 0 aliphatic rings. The van der Waals surface area contributed by atoms with Crippen LogP contribution in [-0.4, -0.2) is 30.0 Å². The Hall–Kier alpha value is -2.39. The summed E-state index contributed by atoms with van der Waals surface area (Å²) in [4.78, 5) is 24.9.